The van der Waals surface area contributed by atoms with Gasteiger partial charge in [-0.25, -0.2) is 14.6 Å². The Morgan fingerprint density at radius 3 is 2.90 bits per heavy atom. The number of thiazole rings is 1. The Balaban J connectivity index is 1.96. The van der Waals surface area contributed by atoms with Gasteiger partial charge in [0.05, 0.1) is 22.3 Å². The molecule has 4 N–H and O–H groups in total. The topological polar surface area (TPSA) is 112 Å². The second-order valence-corrected chi connectivity index (χ2v) is 5.31. The number of fused-ring (bicyclic) bond motifs is 1. The van der Waals surface area contributed by atoms with Crippen molar-refractivity contribution in [3.05, 3.63) is 23.7 Å². The number of hydrogen-bond acceptors (Lipinski definition) is 5. The van der Waals surface area contributed by atoms with E-state index in [1.54, 1.807) is 23.7 Å². The SMILES string of the molecule is CC(O)(CNC(=O)Nc1ccc2ncsc2c1)C(=O)O. The summed E-state index contributed by atoms with van der Waals surface area (Å²) in [5.41, 5.74) is 1.11. The third kappa shape index (κ3) is 3.22. The number of aliphatic carboxylic acids is 1. The highest BCUT2D eigenvalue weighted by Gasteiger charge is 2.30. The van der Waals surface area contributed by atoms with Crippen molar-refractivity contribution in [1.29, 1.82) is 0 Å². The smallest absolute Gasteiger partial charge is 0.337 e. The molecule has 0 saturated carbocycles. The molecular formula is C12H13N3O4S. The summed E-state index contributed by atoms with van der Waals surface area (Å²) in [5, 5.41) is 23.0. The Hall–Kier alpha value is -2.19. The molecule has 106 valence electrons. The van der Waals surface area contributed by atoms with Crippen LogP contribution in [-0.2, 0) is 4.79 Å². The summed E-state index contributed by atoms with van der Waals surface area (Å²) in [6.45, 7) is 0.718. The van der Waals surface area contributed by atoms with E-state index in [4.69, 9.17) is 5.11 Å². The molecule has 20 heavy (non-hydrogen) atoms. The molecule has 0 aliphatic rings. The lowest BCUT2D eigenvalue weighted by Crippen LogP contribution is -2.47. The third-order valence-corrected chi connectivity index (χ3v) is 3.43. The van der Waals surface area contributed by atoms with Gasteiger partial charge >= 0.3 is 12.0 Å². The summed E-state index contributed by atoms with van der Waals surface area (Å²) in [7, 11) is 0. The normalized spacial score (nSPS) is 13.7. The lowest BCUT2D eigenvalue weighted by molar-refractivity contribution is -0.155. The second-order valence-electron chi connectivity index (χ2n) is 4.42. The Labute approximate surface area is 118 Å². The van der Waals surface area contributed by atoms with E-state index < -0.39 is 24.1 Å². The van der Waals surface area contributed by atoms with Crippen LogP contribution in [0.25, 0.3) is 10.2 Å². The molecule has 0 saturated heterocycles. The van der Waals surface area contributed by atoms with Gasteiger partial charge in [0.15, 0.2) is 5.60 Å². The van der Waals surface area contributed by atoms with Crippen molar-refractivity contribution in [3.63, 3.8) is 0 Å². The maximum Gasteiger partial charge on any atom is 0.337 e. The fraction of sp³-hybridized carbons (Fsp3) is 0.250. The van der Waals surface area contributed by atoms with Crippen LogP contribution in [0.4, 0.5) is 10.5 Å². The van der Waals surface area contributed by atoms with E-state index in [0.717, 1.165) is 17.1 Å². The summed E-state index contributed by atoms with van der Waals surface area (Å²) >= 11 is 1.45. The number of carbonyl (C=O) groups is 2. The van der Waals surface area contributed by atoms with Gasteiger partial charge < -0.3 is 20.8 Å². The molecule has 1 aromatic carbocycles. The van der Waals surface area contributed by atoms with Crippen LogP contribution in [0.5, 0.6) is 0 Å². The Morgan fingerprint density at radius 1 is 1.45 bits per heavy atom. The van der Waals surface area contributed by atoms with Crippen LogP contribution in [0.1, 0.15) is 6.92 Å². The van der Waals surface area contributed by atoms with Gasteiger partial charge in [0.2, 0.25) is 0 Å². The molecule has 1 heterocycles. The minimum atomic E-state index is -2.00. The van der Waals surface area contributed by atoms with Gasteiger partial charge in [0.1, 0.15) is 0 Å². The molecule has 2 amide bonds. The van der Waals surface area contributed by atoms with Crippen molar-refractivity contribution in [1.82, 2.24) is 10.3 Å². The molecule has 1 atom stereocenters. The molecule has 7 nitrogen and oxygen atoms in total. The van der Waals surface area contributed by atoms with E-state index in [-0.39, 0.29) is 0 Å². The highest BCUT2D eigenvalue weighted by molar-refractivity contribution is 7.16. The number of urea groups is 1. The lowest BCUT2D eigenvalue weighted by Gasteiger charge is -2.18. The maximum atomic E-state index is 11.6. The predicted molar refractivity (Wildman–Crippen MR) is 74.9 cm³/mol. The van der Waals surface area contributed by atoms with Crippen molar-refractivity contribution in [3.8, 4) is 0 Å². The quantitative estimate of drug-likeness (QED) is 0.678. The molecule has 0 bridgehead atoms. The molecule has 0 spiro atoms. The Kier molecular flexibility index (Phi) is 3.86. The number of carbonyl (C=O) groups excluding carboxylic acids is 1. The summed E-state index contributed by atoms with van der Waals surface area (Å²) < 4.78 is 0.931. The average molecular weight is 295 g/mol. The molecule has 2 rings (SSSR count). The van der Waals surface area contributed by atoms with Crippen LogP contribution in [0, 0.1) is 0 Å². The molecule has 0 radical (unpaired) electrons. The van der Waals surface area contributed by atoms with Crippen molar-refractivity contribution in [2.75, 3.05) is 11.9 Å². The first-order valence-corrected chi connectivity index (χ1v) is 6.60. The molecule has 0 aliphatic heterocycles. The van der Waals surface area contributed by atoms with Crippen LogP contribution in [0.2, 0.25) is 0 Å². The number of carboxylic acid groups (broad SMARTS) is 1. The van der Waals surface area contributed by atoms with E-state index in [0.29, 0.717) is 5.69 Å². The van der Waals surface area contributed by atoms with Gasteiger partial charge in [0, 0.05) is 5.69 Å². The van der Waals surface area contributed by atoms with Crippen molar-refractivity contribution < 1.29 is 19.8 Å². The van der Waals surface area contributed by atoms with Crippen LogP contribution in [0.15, 0.2) is 23.7 Å². The standard InChI is InChI=1S/C12H13N3O4S/c1-12(19,10(16)17)5-13-11(18)15-7-2-3-8-9(4-7)20-6-14-8/h2-4,6,19H,5H2,1H3,(H,16,17)(H2,13,15,18). The minimum absolute atomic E-state index is 0.392. The van der Waals surface area contributed by atoms with Crippen LogP contribution in [0.3, 0.4) is 0 Å². The Bertz CT molecular complexity index is 653. The average Bonchev–Trinajstić information content (AvgIpc) is 2.83. The zero-order chi connectivity index (χ0) is 14.8. The summed E-state index contributed by atoms with van der Waals surface area (Å²) in [6.07, 6.45) is 0. The molecule has 2 aromatic rings. The summed E-state index contributed by atoms with van der Waals surface area (Å²) in [5.74, 6) is -1.40. The van der Waals surface area contributed by atoms with E-state index in [1.165, 1.54) is 11.3 Å². The molecule has 1 unspecified atom stereocenters. The molecular weight excluding hydrogens is 282 g/mol. The maximum absolute atomic E-state index is 11.6. The number of nitrogens with zero attached hydrogens (tertiary/aromatic N) is 1. The molecule has 0 fully saturated rings. The number of anilines is 1. The largest absolute Gasteiger partial charge is 0.479 e. The Morgan fingerprint density at radius 2 is 2.20 bits per heavy atom. The van der Waals surface area contributed by atoms with Crippen LogP contribution < -0.4 is 10.6 Å². The number of carboxylic acids is 1. The van der Waals surface area contributed by atoms with Gasteiger partial charge in [-0.3, -0.25) is 0 Å². The number of hydrogen-bond donors (Lipinski definition) is 4. The minimum Gasteiger partial charge on any atom is -0.479 e. The highest BCUT2D eigenvalue weighted by Crippen LogP contribution is 2.21. The first-order valence-electron chi connectivity index (χ1n) is 5.72. The van der Waals surface area contributed by atoms with E-state index >= 15 is 0 Å². The van der Waals surface area contributed by atoms with Crippen molar-refractivity contribution in [2.24, 2.45) is 0 Å². The fourth-order valence-corrected chi connectivity index (χ4v) is 2.15. The van der Waals surface area contributed by atoms with E-state index in [1.807, 2.05) is 0 Å². The summed E-state index contributed by atoms with van der Waals surface area (Å²) in [4.78, 5) is 26.4. The predicted octanol–water partition coefficient (Wildman–Crippen LogP) is 1.25. The number of aliphatic hydroxyl groups is 1. The summed E-state index contributed by atoms with van der Waals surface area (Å²) in [6, 6.07) is 4.64. The number of aromatic nitrogens is 1. The van der Waals surface area contributed by atoms with Gasteiger partial charge in [-0.1, -0.05) is 0 Å². The fourth-order valence-electron chi connectivity index (χ4n) is 1.44. The second kappa shape index (κ2) is 5.43. The molecule has 0 aliphatic carbocycles. The molecule has 8 heteroatoms. The highest BCUT2D eigenvalue weighted by atomic mass is 32.1. The van der Waals surface area contributed by atoms with Gasteiger partial charge in [-0.2, -0.15) is 0 Å². The number of amides is 2. The number of benzene rings is 1. The van der Waals surface area contributed by atoms with Crippen molar-refractivity contribution >= 4 is 39.2 Å². The van der Waals surface area contributed by atoms with Gasteiger partial charge in [-0.15, -0.1) is 11.3 Å². The van der Waals surface area contributed by atoms with Crippen LogP contribution >= 0.6 is 11.3 Å². The molecule has 1 aromatic heterocycles. The third-order valence-electron chi connectivity index (χ3n) is 2.64. The monoisotopic (exact) mass is 295 g/mol. The number of rotatable bonds is 4. The van der Waals surface area contributed by atoms with Crippen molar-refractivity contribution in [2.45, 2.75) is 12.5 Å². The van der Waals surface area contributed by atoms with E-state index in [9.17, 15) is 14.7 Å². The first kappa shape index (κ1) is 14.2. The zero-order valence-corrected chi connectivity index (χ0v) is 11.4. The number of nitrogens with one attached hydrogen (secondary N) is 2. The zero-order valence-electron chi connectivity index (χ0n) is 10.6. The van der Waals surface area contributed by atoms with Crippen LogP contribution in [-0.4, -0.2) is 39.3 Å². The lowest BCUT2D eigenvalue weighted by atomic mass is 10.1. The van der Waals surface area contributed by atoms with Gasteiger partial charge in [0.25, 0.3) is 0 Å². The first-order chi connectivity index (χ1) is 9.38. The van der Waals surface area contributed by atoms with E-state index in [2.05, 4.69) is 15.6 Å². The van der Waals surface area contributed by atoms with Gasteiger partial charge in [-0.05, 0) is 25.1 Å².